The molecule has 5 nitrogen and oxygen atoms in total. The van der Waals surface area contributed by atoms with Crippen molar-refractivity contribution >= 4 is 11.7 Å². The predicted molar refractivity (Wildman–Crippen MR) is 75.8 cm³/mol. The third-order valence-corrected chi connectivity index (χ3v) is 4.16. The number of aromatic amines is 1. The lowest BCUT2D eigenvalue weighted by Crippen LogP contribution is -2.36. The maximum atomic E-state index is 12.1. The van der Waals surface area contributed by atoms with Gasteiger partial charge in [-0.2, -0.15) is 5.10 Å². The summed E-state index contributed by atoms with van der Waals surface area (Å²) in [6.45, 7) is 2.64. The number of hydrogen-bond donors (Lipinski definition) is 3. The van der Waals surface area contributed by atoms with Crippen molar-refractivity contribution in [3.05, 3.63) is 11.8 Å². The summed E-state index contributed by atoms with van der Waals surface area (Å²) >= 11 is 0. The van der Waals surface area contributed by atoms with Crippen LogP contribution in [-0.2, 0) is 11.2 Å². The number of aromatic nitrogens is 2. The molecule has 2 rings (SSSR count). The fourth-order valence-electron chi connectivity index (χ4n) is 2.89. The molecule has 0 saturated heterocycles. The molecular weight excluding hydrogens is 240 g/mol. The van der Waals surface area contributed by atoms with E-state index in [9.17, 15) is 4.79 Å². The quantitative estimate of drug-likeness (QED) is 0.762. The van der Waals surface area contributed by atoms with Gasteiger partial charge >= 0.3 is 0 Å². The Labute approximate surface area is 114 Å². The van der Waals surface area contributed by atoms with Crippen LogP contribution in [0.2, 0.25) is 0 Å². The molecule has 1 heterocycles. The second-order valence-electron chi connectivity index (χ2n) is 5.62. The molecule has 5 heteroatoms. The summed E-state index contributed by atoms with van der Waals surface area (Å²) in [5.74, 6) is 0.645. The second-order valence-corrected chi connectivity index (χ2v) is 5.62. The number of amides is 1. The molecule has 1 aliphatic rings. The minimum atomic E-state index is 0.00618. The first kappa shape index (κ1) is 14.1. The third-order valence-electron chi connectivity index (χ3n) is 4.16. The van der Waals surface area contributed by atoms with E-state index >= 15 is 0 Å². The lowest BCUT2D eigenvalue weighted by atomic mass is 9.71. The van der Waals surface area contributed by atoms with Crippen molar-refractivity contribution in [2.24, 2.45) is 11.1 Å². The topological polar surface area (TPSA) is 83.8 Å². The summed E-state index contributed by atoms with van der Waals surface area (Å²) in [6, 6.07) is 1.88. The minimum absolute atomic E-state index is 0.00618. The SMILES string of the molecule is CCc1cc(NC(=O)CC2(CN)CCCCC2)n[nH]1. The van der Waals surface area contributed by atoms with Gasteiger partial charge in [-0.15, -0.1) is 0 Å². The van der Waals surface area contributed by atoms with Gasteiger partial charge in [-0.25, -0.2) is 0 Å². The zero-order chi connectivity index (χ0) is 13.7. The molecule has 1 amide bonds. The summed E-state index contributed by atoms with van der Waals surface area (Å²) in [7, 11) is 0. The standard InChI is InChI=1S/C14H24N4O/c1-2-11-8-12(18-17-11)16-13(19)9-14(10-15)6-4-3-5-7-14/h8H,2-7,9-10,15H2,1H3,(H2,16,17,18,19). The van der Waals surface area contributed by atoms with E-state index in [0.717, 1.165) is 25.0 Å². The highest BCUT2D eigenvalue weighted by molar-refractivity contribution is 5.90. The highest BCUT2D eigenvalue weighted by Crippen LogP contribution is 2.38. The van der Waals surface area contributed by atoms with Crippen LogP contribution >= 0.6 is 0 Å². The van der Waals surface area contributed by atoms with Gasteiger partial charge in [0.05, 0.1) is 0 Å². The lowest BCUT2D eigenvalue weighted by molar-refractivity contribution is -0.118. The maximum Gasteiger partial charge on any atom is 0.226 e. The number of hydrogen-bond acceptors (Lipinski definition) is 3. The molecule has 0 bridgehead atoms. The van der Waals surface area contributed by atoms with Crippen molar-refractivity contribution in [3.63, 3.8) is 0 Å². The number of nitrogens with one attached hydrogen (secondary N) is 2. The molecule has 1 aliphatic carbocycles. The summed E-state index contributed by atoms with van der Waals surface area (Å²) in [6.07, 6.45) is 7.17. The molecule has 0 atom stereocenters. The van der Waals surface area contributed by atoms with Gasteiger partial charge in [0.1, 0.15) is 0 Å². The van der Waals surface area contributed by atoms with Gasteiger partial charge in [0.25, 0.3) is 0 Å². The number of H-pyrrole nitrogens is 1. The Morgan fingerprint density at radius 1 is 1.47 bits per heavy atom. The van der Waals surface area contributed by atoms with Crippen molar-refractivity contribution in [1.29, 1.82) is 0 Å². The molecule has 0 radical (unpaired) electrons. The number of aryl methyl sites for hydroxylation is 1. The molecule has 1 aromatic rings. The average Bonchev–Trinajstić information content (AvgIpc) is 2.87. The van der Waals surface area contributed by atoms with Gasteiger partial charge in [0, 0.05) is 18.2 Å². The maximum absolute atomic E-state index is 12.1. The average molecular weight is 264 g/mol. The fourth-order valence-corrected chi connectivity index (χ4v) is 2.89. The molecule has 106 valence electrons. The molecule has 4 N–H and O–H groups in total. The minimum Gasteiger partial charge on any atom is -0.330 e. The number of nitrogens with two attached hydrogens (primary N) is 1. The number of anilines is 1. The molecule has 1 fully saturated rings. The summed E-state index contributed by atoms with van der Waals surface area (Å²) in [5, 5.41) is 9.85. The second kappa shape index (κ2) is 6.19. The normalized spacial score (nSPS) is 18.2. The molecular formula is C14H24N4O. The summed E-state index contributed by atoms with van der Waals surface area (Å²) in [4.78, 5) is 12.1. The van der Waals surface area contributed by atoms with Crippen molar-refractivity contribution in [3.8, 4) is 0 Å². The number of rotatable bonds is 5. The highest BCUT2D eigenvalue weighted by atomic mass is 16.1. The first-order valence-electron chi connectivity index (χ1n) is 7.22. The third kappa shape index (κ3) is 3.56. The van der Waals surface area contributed by atoms with E-state index in [1.807, 2.05) is 13.0 Å². The van der Waals surface area contributed by atoms with E-state index in [1.54, 1.807) is 0 Å². The van der Waals surface area contributed by atoms with Gasteiger partial charge in [0.2, 0.25) is 5.91 Å². The first-order valence-corrected chi connectivity index (χ1v) is 7.22. The molecule has 0 unspecified atom stereocenters. The molecule has 0 aliphatic heterocycles. The smallest absolute Gasteiger partial charge is 0.226 e. The van der Waals surface area contributed by atoms with Gasteiger partial charge in [0.15, 0.2) is 5.82 Å². The Morgan fingerprint density at radius 3 is 2.79 bits per heavy atom. The van der Waals surface area contributed by atoms with Crippen molar-refractivity contribution in [2.75, 3.05) is 11.9 Å². The van der Waals surface area contributed by atoms with E-state index < -0.39 is 0 Å². The van der Waals surface area contributed by atoms with Crippen LogP contribution in [0, 0.1) is 5.41 Å². The van der Waals surface area contributed by atoms with Crippen LogP contribution in [0.15, 0.2) is 6.07 Å². The largest absolute Gasteiger partial charge is 0.330 e. The van der Waals surface area contributed by atoms with Crippen LogP contribution in [0.4, 0.5) is 5.82 Å². The number of nitrogens with zero attached hydrogens (tertiary/aromatic N) is 1. The van der Waals surface area contributed by atoms with Gasteiger partial charge in [-0.1, -0.05) is 26.2 Å². The highest BCUT2D eigenvalue weighted by Gasteiger charge is 2.33. The predicted octanol–water partition coefficient (Wildman–Crippen LogP) is 2.21. The van der Waals surface area contributed by atoms with E-state index in [2.05, 4.69) is 15.5 Å². The Kier molecular flexibility index (Phi) is 4.58. The Hall–Kier alpha value is -1.36. The summed E-state index contributed by atoms with van der Waals surface area (Å²) < 4.78 is 0. The van der Waals surface area contributed by atoms with E-state index in [-0.39, 0.29) is 11.3 Å². The zero-order valence-corrected chi connectivity index (χ0v) is 11.7. The zero-order valence-electron chi connectivity index (χ0n) is 11.7. The van der Waals surface area contributed by atoms with E-state index in [0.29, 0.717) is 18.8 Å². The Morgan fingerprint density at radius 2 is 2.21 bits per heavy atom. The van der Waals surface area contributed by atoms with Crippen molar-refractivity contribution in [1.82, 2.24) is 10.2 Å². The molecule has 1 aromatic heterocycles. The van der Waals surface area contributed by atoms with Crippen LogP contribution in [0.25, 0.3) is 0 Å². The van der Waals surface area contributed by atoms with Crippen LogP contribution in [0.3, 0.4) is 0 Å². The van der Waals surface area contributed by atoms with Crippen molar-refractivity contribution in [2.45, 2.75) is 51.9 Å². The number of carbonyl (C=O) groups is 1. The van der Waals surface area contributed by atoms with Crippen LogP contribution < -0.4 is 11.1 Å². The van der Waals surface area contributed by atoms with Gasteiger partial charge in [-0.05, 0) is 31.2 Å². The van der Waals surface area contributed by atoms with Crippen LogP contribution in [0.1, 0.15) is 51.1 Å². The fraction of sp³-hybridized carbons (Fsp3) is 0.714. The van der Waals surface area contributed by atoms with E-state index in [1.165, 1.54) is 19.3 Å². The Bertz CT molecular complexity index is 421. The van der Waals surface area contributed by atoms with Gasteiger partial charge in [-0.3, -0.25) is 9.89 Å². The van der Waals surface area contributed by atoms with Crippen LogP contribution in [0.5, 0.6) is 0 Å². The molecule has 0 aromatic carbocycles. The summed E-state index contributed by atoms with van der Waals surface area (Å²) in [5.41, 5.74) is 6.94. The molecule has 0 spiro atoms. The monoisotopic (exact) mass is 264 g/mol. The van der Waals surface area contributed by atoms with Crippen LogP contribution in [-0.4, -0.2) is 22.6 Å². The number of carbonyl (C=O) groups excluding carboxylic acids is 1. The first-order chi connectivity index (χ1) is 9.17. The van der Waals surface area contributed by atoms with E-state index in [4.69, 9.17) is 5.73 Å². The molecule has 19 heavy (non-hydrogen) atoms. The van der Waals surface area contributed by atoms with Crippen molar-refractivity contribution < 1.29 is 4.79 Å². The lowest BCUT2D eigenvalue weighted by Gasteiger charge is -2.35. The molecule has 1 saturated carbocycles. The van der Waals surface area contributed by atoms with Gasteiger partial charge < -0.3 is 11.1 Å². The Balaban J connectivity index is 1.92.